The lowest BCUT2D eigenvalue weighted by molar-refractivity contribution is 0.168. The van der Waals surface area contributed by atoms with Crippen molar-refractivity contribution in [1.82, 2.24) is 0 Å². The van der Waals surface area contributed by atoms with E-state index in [0.717, 1.165) is 12.0 Å². The van der Waals surface area contributed by atoms with E-state index in [1.165, 1.54) is 17.7 Å². The second-order valence-electron chi connectivity index (χ2n) is 5.35. The zero-order valence-electron chi connectivity index (χ0n) is 14.2. The Morgan fingerprint density at radius 2 is 2.00 bits per heavy atom. The molecule has 0 radical (unpaired) electrons. The van der Waals surface area contributed by atoms with E-state index in [9.17, 15) is 9.18 Å². The Kier molecular flexibility index (Phi) is 6.18. The van der Waals surface area contributed by atoms with Crippen LogP contribution >= 0.6 is 0 Å². The van der Waals surface area contributed by atoms with Crippen molar-refractivity contribution in [1.29, 1.82) is 0 Å². The van der Waals surface area contributed by atoms with Gasteiger partial charge in [-0.3, -0.25) is 5.32 Å². The fraction of sp³-hybridized carbons (Fsp3) is 0.316. The molecule has 128 valence electrons. The molecule has 0 unspecified atom stereocenters. The van der Waals surface area contributed by atoms with Crippen LogP contribution in [0.5, 0.6) is 5.75 Å². The maximum Gasteiger partial charge on any atom is 0.411 e. The summed E-state index contributed by atoms with van der Waals surface area (Å²) >= 11 is 0. The van der Waals surface area contributed by atoms with Gasteiger partial charge >= 0.3 is 6.09 Å². The van der Waals surface area contributed by atoms with Crippen LogP contribution < -0.4 is 10.1 Å². The molecular weight excluding hydrogens is 309 g/mol. The highest BCUT2D eigenvalue weighted by Gasteiger charge is 2.13. The molecule has 2 aromatic rings. The average Bonchev–Trinajstić information content (AvgIpc) is 2.55. The van der Waals surface area contributed by atoms with E-state index in [2.05, 4.69) is 18.3 Å². The Bertz CT molecular complexity index is 716. The first-order valence-electron chi connectivity index (χ1n) is 7.98. The number of ether oxygens (including phenoxy) is 2. The molecule has 0 aliphatic heterocycles. The number of halogens is 1. The maximum absolute atomic E-state index is 14.1. The minimum atomic E-state index is -0.618. The van der Waals surface area contributed by atoms with Crippen molar-refractivity contribution < 1.29 is 18.7 Å². The van der Waals surface area contributed by atoms with Crippen molar-refractivity contribution >= 4 is 11.8 Å². The Morgan fingerprint density at radius 1 is 1.21 bits per heavy atom. The molecule has 0 fully saturated rings. The third-order valence-electron chi connectivity index (χ3n) is 3.65. The molecule has 1 N–H and O–H groups in total. The first-order valence-corrected chi connectivity index (χ1v) is 7.98. The molecule has 0 atom stereocenters. The molecule has 0 aliphatic carbocycles. The van der Waals surface area contributed by atoms with Crippen LogP contribution in [0.15, 0.2) is 36.4 Å². The standard InChI is InChI=1S/C19H22FNO3/c1-4-14-9-10-18(13(3)11-14)24-12-15-16(20)7-6-8-17(15)21-19(22)23-5-2/h6-11H,4-5,12H2,1-3H3,(H,21,22). The molecule has 0 aromatic heterocycles. The number of nitrogens with one attached hydrogen (secondary N) is 1. The number of amides is 1. The number of hydrogen-bond donors (Lipinski definition) is 1. The van der Waals surface area contributed by atoms with Crippen molar-refractivity contribution in [2.75, 3.05) is 11.9 Å². The zero-order valence-corrected chi connectivity index (χ0v) is 14.2. The van der Waals surface area contributed by atoms with Crippen molar-refractivity contribution in [3.63, 3.8) is 0 Å². The molecule has 24 heavy (non-hydrogen) atoms. The summed E-state index contributed by atoms with van der Waals surface area (Å²) in [6.07, 6.45) is 0.329. The number of anilines is 1. The zero-order chi connectivity index (χ0) is 17.5. The summed E-state index contributed by atoms with van der Waals surface area (Å²) in [7, 11) is 0. The van der Waals surface area contributed by atoms with Crippen LogP contribution in [0.4, 0.5) is 14.9 Å². The van der Waals surface area contributed by atoms with E-state index in [1.54, 1.807) is 13.0 Å². The first kappa shape index (κ1) is 17.8. The predicted octanol–water partition coefficient (Wildman–Crippen LogP) is 4.84. The van der Waals surface area contributed by atoms with Gasteiger partial charge in [0.2, 0.25) is 0 Å². The van der Waals surface area contributed by atoms with Crippen molar-refractivity contribution in [2.24, 2.45) is 0 Å². The van der Waals surface area contributed by atoms with Crippen LogP contribution in [0, 0.1) is 12.7 Å². The summed E-state index contributed by atoms with van der Waals surface area (Å²) in [5.41, 5.74) is 2.84. The number of aryl methyl sites for hydroxylation is 2. The molecule has 0 aliphatic rings. The summed E-state index contributed by atoms with van der Waals surface area (Å²) in [4.78, 5) is 11.6. The van der Waals surface area contributed by atoms with Gasteiger partial charge in [0.15, 0.2) is 0 Å². The van der Waals surface area contributed by atoms with Gasteiger partial charge in [-0.15, -0.1) is 0 Å². The van der Waals surface area contributed by atoms with Crippen LogP contribution in [0.1, 0.15) is 30.5 Å². The molecule has 0 bridgehead atoms. The Balaban J connectivity index is 2.16. The summed E-state index contributed by atoms with van der Waals surface area (Å²) in [6.45, 7) is 6.00. The quantitative estimate of drug-likeness (QED) is 0.823. The van der Waals surface area contributed by atoms with Gasteiger partial charge in [-0.2, -0.15) is 0 Å². The average molecular weight is 331 g/mol. The number of benzene rings is 2. The monoisotopic (exact) mass is 331 g/mol. The van der Waals surface area contributed by atoms with E-state index in [0.29, 0.717) is 11.4 Å². The highest BCUT2D eigenvalue weighted by molar-refractivity contribution is 5.85. The molecule has 2 aromatic carbocycles. The molecule has 0 saturated heterocycles. The molecule has 0 saturated carbocycles. The van der Waals surface area contributed by atoms with Gasteiger partial charge < -0.3 is 9.47 Å². The number of hydrogen-bond acceptors (Lipinski definition) is 3. The van der Waals surface area contributed by atoms with E-state index in [1.807, 2.05) is 19.1 Å². The molecule has 5 heteroatoms. The first-order chi connectivity index (χ1) is 11.5. The van der Waals surface area contributed by atoms with E-state index in [4.69, 9.17) is 9.47 Å². The van der Waals surface area contributed by atoms with E-state index < -0.39 is 11.9 Å². The minimum Gasteiger partial charge on any atom is -0.488 e. The lowest BCUT2D eigenvalue weighted by atomic mass is 10.1. The lowest BCUT2D eigenvalue weighted by Gasteiger charge is -2.14. The molecule has 0 heterocycles. The van der Waals surface area contributed by atoms with Gasteiger partial charge in [-0.25, -0.2) is 9.18 Å². The Labute approximate surface area is 141 Å². The van der Waals surface area contributed by atoms with Gasteiger partial charge in [0.05, 0.1) is 12.3 Å². The Morgan fingerprint density at radius 3 is 2.67 bits per heavy atom. The fourth-order valence-electron chi connectivity index (χ4n) is 2.34. The molecule has 1 amide bonds. The summed E-state index contributed by atoms with van der Waals surface area (Å²) in [5, 5.41) is 2.54. The summed E-state index contributed by atoms with van der Waals surface area (Å²) in [6, 6.07) is 10.4. The van der Waals surface area contributed by atoms with E-state index >= 15 is 0 Å². The molecule has 4 nitrogen and oxygen atoms in total. The fourth-order valence-corrected chi connectivity index (χ4v) is 2.34. The number of rotatable bonds is 6. The van der Waals surface area contributed by atoms with Crippen molar-refractivity contribution in [2.45, 2.75) is 33.8 Å². The summed E-state index contributed by atoms with van der Waals surface area (Å²) in [5.74, 6) is 0.254. The lowest BCUT2D eigenvalue weighted by Crippen LogP contribution is -2.16. The smallest absolute Gasteiger partial charge is 0.411 e. The van der Waals surface area contributed by atoms with Gasteiger partial charge in [-0.1, -0.05) is 25.1 Å². The van der Waals surface area contributed by atoms with Gasteiger partial charge in [0.25, 0.3) is 0 Å². The maximum atomic E-state index is 14.1. The van der Waals surface area contributed by atoms with Crippen molar-refractivity contribution in [3.05, 3.63) is 58.9 Å². The van der Waals surface area contributed by atoms with Crippen LogP contribution in [0.25, 0.3) is 0 Å². The molecule has 0 spiro atoms. The molecular formula is C19H22FNO3. The van der Waals surface area contributed by atoms with Crippen LogP contribution in [0.2, 0.25) is 0 Å². The van der Waals surface area contributed by atoms with Crippen LogP contribution in [-0.2, 0) is 17.8 Å². The predicted molar refractivity (Wildman–Crippen MR) is 91.9 cm³/mol. The van der Waals surface area contributed by atoms with E-state index in [-0.39, 0.29) is 18.8 Å². The van der Waals surface area contributed by atoms with Crippen LogP contribution in [-0.4, -0.2) is 12.7 Å². The third-order valence-corrected chi connectivity index (χ3v) is 3.65. The number of carbonyl (C=O) groups excluding carboxylic acids is 1. The largest absolute Gasteiger partial charge is 0.488 e. The third kappa shape index (κ3) is 4.47. The van der Waals surface area contributed by atoms with Crippen molar-refractivity contribution in [3.8, 4) is 5.75 Å². The molecule has 2 rings (SSSR count). The second kappa shape index (κ2) is 8.34. The van der Waals surface area contributed by atoms with Gasteiger partial charge in [-0.05, 0) is 49.6 Å². The van der Waals surface area contributed by atoms with Gasteiger partial charge in [0.1, 0.15) is 18.2 Å². The second-order valence-corrected chi connectivity index (χ2v) is 5.35. The number of carbonyl (C=O) groups is 1. The highest BCUT2D eigenvalue weighted by atomic mass is 19.1. The van der Waals surface area contributed by atoms with Gasteiger partial charge in [0, 0.05) is 5.56 Å². The topological polar surface area (TPSA) is 47.6 Å². The summed E-state index contributed by atoms with van der Waals surface area (Å²) < 4.78 is 24.7. The SMILES string of the molecule is CCOC(=O)Nc1cccc(F)c1COc1ccc(CC)cc1C. The highest BCUT2D eigenvalue weighted by Crippen LogP contribution is 2.24. The normalized spacial score (nSPS) is 10.3. The Hall–Kier alpha value is -2.56. The van der Waals surface area contributed by atoms with Crippen LogP contribution in [0.3, 0.4) is 0 Å². The minimum absolute atomic E-state index is 0.0146.